The number of nitrogens with zero attached hydrogens (tertiary/aromatic N) is 2. The number of rotatable bonds is 2. The Labute approximate surface area is 150 Å². The zero-order valence-electron chi connectivity index (χ0n) is 13.8. The Balaban J connectivity index is 2.16. The lowest BCUT2D eigenvalue weighted by Gasteiger charge is -2.23. The van der Waals surface area contributed by atoms with Gasteiger partial charge in [0.2, 0.25) is 0 Å². The van der Waals surface area contributed by atoms with E-state index < -0.39 is 23.3 Å². The molecule has 0 fully saturated rings. The summed E-state index contributed by atoms with van der Waals surface area (Å²) in [6, 6.07) is 1.20. The van der Waals surface area contributed by atoms with Gasteiger partial charge in [-0.05, 0) is 24.1 Å². The molecule has 0 aliphatic carbocycles. The molecule has 0 saturated carbocycles. The van der Waals surface area contributed by atoms with Crippen molar-refractivity contribution in [1.29, 1.82) is 5.41 Å². The van der Waals surface area contributed by atoms with Crippen molar-refractivity contribution >= 4 is 33.6 Å². The number of fused-ring (bicyclic) bond motifs is 5. The molecule has 3 aromatic rings. The molecule has 4 rings (SSSR count). The number of aromatic amines is 1. The van der Waals surface area contributed by atoms with Crippen molar-refractivity contribution in [2.45, 2.75) is 19.1 Å². The molecule has 0 unspecified atom stereocenters. The summed E-state index contributed by atoms with van der Waals surface area (Å²) in [6.45, 7) is 0.825. The highest BCUT2D eigenvalue weighted by atomic mass is 19.4. The topological polar surface area (TPSA) is 103 Å². The summed E-state index contributed by atoms with van der Waals surface area (Å²) < 4.78 is 54.1. The van der Waals surface area contributed by atoms with Crippen LogP contribution in [0, 0.1) is 11.2 Å². The molecule has 0 atom stereocenters. The Bertz CT molecular complexity index is 1110. The summed E-state index contributed by atoms with van der Waals surface area (Å²) in [5, 5.41) is 18.3. The highest BCUT2D eigenvalue weighted by Gasteiger charge is 2.36. The fourth-order valence-electron chi connectivity index (χ4n) is 3.48. The van der Waals surface area contributed by atoms with Crippen LogP contribution in [0.4, 0.5) is 17.6 Å². The summed E-state index contributed by atoms with van der Waals surface area (Å²) >= 11 is 0. The number of allylic oxidation sites excluding steroid dienone is 2. The van der Waals surface area contributed by atoms with Crippen molar-refractivity contribution in [3.63, 3.8) is 0 Å². The number of hydrogen-bond acceptors (Lipinski definition) is 5. The second-order valence-corrected chi connectivity index (χ2v) is 6.23. The van der Waals surface area contributed by atoms with Crippen LogP contribution in [-0.2, 0) is 13.0 Å². The van der Waals surface area contributed by atoms with Crippen molar-refractivity contribution in [2.75, 3.05) is 6.54 Å². The van der Waals surface area contributed by atoms with E-state index in [1.165, 1.54) is 12.3 Å². The quantitative estimate of drug-likeness (QED) is 0.407. The maximum atomic E-state index is 14.7. The smallest absolute Gasteiger partial charge is 0.394 e. The molecule has 3 heterocycles. The molecule has 5 N–H and O–H groups in total. The van der Waals surface area contributed by atoms with E-state index in [1.54, 1.807) is 0 Å². The molecule has 0 amide bonds. The minimum Gasteiger partial charge on any atom is -0.394 e. The third-order valence-corrected chi connectivity index (χ3v) is 4.70. The van der Waals surface area contributed by atoms with Gasteiger partial charge >= 0.3 is 6.18 Å². The first-order chi connectivity index (χ1) is 12.8. The van der Waals surface area contributed by atoms with E-state index in [1.807, 2.05) is 0 Å². The number of benzene rings is 1. The van der Waals surface area contributed by atoms with E-state index in [0.717, 1.165) is 0 Å². The lowest BCUT2D eigenvalue weighted by atomic mass is 9.90. The van der Waals surface area contributed by atoms with E-state index in [0.29, 0.717) is 46.6 Å². The van der Waals surface area contributed by atoms with Gasteiger partial charge in [-0.2, -0.15) is 18.3 Å². The van der Waals surface area contributed by atoms with Crippen LogP contribution in [0.25, 0.3) is 27.4 Å². The average molecular weight is 378 g/mol. The van der Waals surface area contributed by atoms with Crippen LogP contribution in [0.15, 0.2) is 18.0 Å². The first kappa shape index (κ1) is 17.4. The van der Waals surface area contributed by atoms with Gasteiger partial charge in [-0.15, -0.1) is 0 Å². The Morgan fingerprint density at radius 2 is 2.07 bits per heavy atom. The third-order valence-electron chi connectivity index (χ3n) is 4.70. The summed E-state index contributed by atoms with van der Waals surface area (Å²) in [5.41, 5.74) is 4.72. The fraction of sp³-hybridized carbons (Fsp3) is 0.235. The van der Waals surface area contributed by atoms with Gasteiger partial charge in [-0.25, -0.2) is 9.37 Å². The minimum absolute atomic E-state index is 0.0612. The Morgan fingerprint density at radius 3 is 2.78 bits per heavy atom. The van der Waals surface area contributed by atoms with Crippen molar-refractivity contribution < 1.29 is 17.6 Å². The molecule has 27 heavy (non-hydrogen) atoms. The number of nitrogens with one attached hydrogen (secondary N) is 3. The van der Waals surface area contributed by atoms with Crippen molar-refractivity contribution in [3.8, 4) is 0 Å². The largest absolute Gasteiger partial charge is 0.431 e. The average Bonchev–Trinajstić information content (AvgIpc) is 3.09. The molecule has 1 aliphatic rings. The van der Waals surface area contributed by atoms with Crippen LogP contribution in [0.5, 0.6) is 0 Å². The zero-order chi connectivity index (χ0) is 19.3. The molecule has 10 heteroatoms. The lowest BCUT2D eigenvalue weighted by molar-refractivity contribution is -0.0919. The van der Waals surface area contributed by atoms with Crippen LogP contribution in [0.1, 0.15) is 16.8 Å². The maximum absolute atomic E-state index is 14.7. The monoisotopic (exact) mass is 378 g/mol. The Hall–Kier alpha value is -3.01. The molecule has 2 aromatic heterocycles. The molecular weight excluding hydrogens is 364 g/mol. The SMILES string of the molecule is N=CC(=C(N)C(F)(F)F)c1nc2c(F)cc3[nH]ncc3c2c2c1CNCC2. The van der Waals surface area contributed by atoms with Gasteiger partial charge < -0.3 is 16.5 Å². The lowest BCUT2D eigenvalue weighted by Crippen LogP contribution is -2.27. The third kappa shape index (κ3) is 2.64. The van der Waals surface area contributed by atoms with Crippen LogP contribution in [0.2, 0.25) is 0 Å². The highest BCUT2D eigenvalue weighted by molar-refractivity contribution is 6.12. The molecule has 1 aromatic carbocycles. The standard InChI is InChI=1S/C17H14F4N6/c18-11-3-12-10(6-25-27-12)13-7-1-2-24-5-9(7)14(26-15(11)13)8(4-22)16(23)17(19,20)21/h3-4,6,22,24H,1-2,5,23H2,(H,25,27). The molecule has 1 aliphatic heterocycles. The fourth-order valence-corrected chi connectivity index (χ4v) is 3.48. The molecular formula is C17H14F4N6. The van der Waals surface area contributed by atoms with Gasteiger partial charge in [0.25, 0.3) is 0 Å². The van der Waals surface area contributed by atoms with Crippen molar-refractivity contribution in [3.05, 3.63) is 40.6 Å². The number of halogens is 4. The van der Waals surface area contributed by atoms with Gasteiger partial charge in [0, 0.05) is 35.2 Å². The molecule has 6 nitrogen and oxygen atoms in total. The van der Waals surface area contributed by atoms with Crippen LogP contribution in [-0.4, -0.2) is 34.1 Å². The summed E-state index contributed by atoms with van der Waals surface area (Å²) in [7, 11) is 0. The van der Waals surface area contributed by atoms with E-state index in [-0.39, 0.29) is 17.8 Å². The Kier molecular flexibility index (Phi) is 3.88. The summed E-state index contributed by atoms with van der Waals surface area (Å²) in [5.74, 6) is -0.681. The minimum atomic E-state index is -4.83. The van der Waals surface area contributed by atoms with Gasteiger partial charge in [-0.1, -0.05) is 0 Å². The number of hydrogen-bond donors (Lipinski definition) is 4. The molecule has 0 bridgehead atoms. The summed E-state index contributed by atoms with van der Waals surface area (Å²) in [6.07, 6.45) is -2.30. The second-order valence-electron chi connectivity index (χ2n) is 6.23. The molecule has 0 spiro atoms. The van der Waals surface area contributed by atoms with E-state index in [2.05, 4.69) is 20.5 Å². The van der Waals surface area contributed by atoms with Crippen LogP contribution >= 0.6 is 0 Å². The van der Waals surface area contributed by atoms with E-state index in [9.17, 15) is 17.6 Å². The van der Waals surface area contributed by atoms with Gasteiger partial charge in [0.1, 0.15) is 11.2 Å². The van der Waals surface area contributed by atoms with Crippen molar-refractivity contribution in [2.24, 2.45) is 5.73 Å². The molecule has 0 saturated heterocycles. The van der Waals surface area contributed by atoms with Crippen LogP contribution in [0.3, 0.4) is 0 Å². The number of aromatic nitrogens is 3. The predicted octanol–water partition coefficient (Wildman–Crippen LogP) is 2.78. The van der Waals surface area contributed by atoms with Gasteiger partial charge in [0.15, 0.2) is 5.82 Å². The van der Waals surface area contributed by atoms with Gasteiger partial charge in [0.05, 0.1) is 17.4 Å². The normalized spacial score (nSPS) is 15.7. The summed E-state index contributed by atoms with van der Waals surface area (Å²) in [4.78, 5) is 4.18. The molecule has 0 radical (unpaired) electrons. The number of pyridine rings is 1. The highest BCUT2D eigenvalue weighted by Crippen LogP contribution is 2.36. The Morgan fingerprint density at radius 1 is 1.30 bits per heavy atom. The number of nitrogens with two attached hydrogens (primary N) is 1. The van der Waals surface area contributed by atoms with Gasteiger partial charge in [-0.3, -0.25) is 5.10 Å². The predicted molar refractivity (Wildman–Crippen MR) is 92.7 cm³/mol. The second kappa shape index (κ2) is 6.02. The molecule has 140 valence electrons. The van der Waals surface area contributed by atoms with Crippen molar-refractivity contribution in [1.82, 2.24) is 20.5 Å². The number of alkyl halides is 3. The first-order valence-electron chi connectivity index (χ1n) is 8.08. The van der Waals surface area contributed by atoms with Crippen LogP contribution < -0.4 is 11.1 Å². The van der Waals surface area contributed by atoms with E-state index in [4.69, 9.17) is 11.1 Å². The number of H-pyrrole nitrogens is 1. The maximum Gasteiger partial charge on any atom is 0.431 e. The zero-order valence-corrected chi connectivity index (χ0v) is 13.8. The van der Waals surface area contributed by atoms with E-state index >= 15 is 0 Å². The first-order valence-corrected chi connectivity index (χ1v) is 8.08.